The largest absolute Gasteiger partial charge is 0.343 e. The molecule has 2 rings (SSSR count). The van der Waals surface area contributed by atoms with Crippen molar-refractivity contribution in [3.63, 3.8) is 0 Å². The van der Waals surface area contributed by atoms with Crippen LogP contribution in [0.4, 0.5) is 5.69 Å². The highest BCUT2D eigenvalue weighted by Crippen LogP contribution is 2.23. The molecule has 0 saturated carbocycles. The third-order valence-electron chi connectivity index (χ3n) is 3.86. The number of hydrogen-bond acceptors (Lipinski definition) is 3. The van der Waals surface area contributed by atoms with Gasteiger partial charge in [0.05, 0.1) is 6.04 Å². The maximum absolute atomic E-state index is 12.4. The molecule has 0 heterocycles. The fraction of sp³-hybridized carbons (Fsp3) is 0.368. The van der Waals surface area contributed by atoms with Crippen molar-refractivity contribution in [2.75, 3.05) is 5.32 Å². The molecule has 128 valence electrons. The summed E-state index contributed by atoms with van der Waals surface area (Å²) in [6, 6.07) is 12.3. The van der Waals surface area contributed by atoms with E-state index in [-0.39, 0.29) is 11.8 Å². The Morgan fingerprint density at radius 2 is 1.67 bits per heavy atom. The molecular weight excluding hydrogens is 302 g/mol. The highest BCUT2D eigenvalue weighted by Gasteiger charge is 2.21. The topological polar surface area (TPSA) is 84.2 Å². The Morgan fingerprint density at radius 3 is 2.38 bits per heavy atom. The third-order valence-corrected chi connectivity index (χ3v) is 3.86. The molecule has 0 fully saturated rings. The average Bonchev–Trinajstić information content (AvgIpc) is 2.54. The van der Waals surface area contributed by atoms with Crippen molar-refractivity contribution in [3.05, 3.63) is 42.5 Å². The van der Waals surface area contributed by atoms with Crippen molar-refractivity contribution in [2.45, 2.75) is 39.3 Å². The van der Waals surface area contributed by atoms with Crippen molar-refractivity contribution in [3.8, 4) is 0 Å². The lowest BCUT2D eigenvalue weighted by Crippen LogP contribution is -2.49. The molecule has 2 aromatic rings. The van der Waals surface area contributed by atoms with Crippen LogP contribution in [-0.2, 0) is 9.59 Å². The Balaban J connectivity index is 2.02. The molecule has 0 spiro atoms. The molecule has 2 aromatic carbocycles. The zero-order valence-corrected chi connectivity index (χ0v) is 14.4. The van der Waals surface area contributed by atoms with Crippen LogP contribution in [0.15, 0.2) is 42.5 Å². The molecule has 0 unspecified atom stereocenters. The van der Waals surface area contributed by atoms with E-state index >= 15 is 0 Å². The molecular formula is C19H25N3O2. The summed E-state index contributed by atoms with van der Waals surface area (Å²) in [5.74, 6) is -0.244. The summed E-state index contributed by atoms with van der Waals surface area (Å²) in [6.45, 7) is 5.66. The fourth-order valence-electron chi connectivity index (χ4n) is 2.58. The van der Waals surface area contributed by atoms with Gasteiger partial charge in [-0.1, -0.05) is 50.2 Å². The minimum absolute atomic E-state index is 0.267. The predicted molar refractivity (Wildman–Crippen MR) is 97.6 cm³/mol. The highest BCUT2D eigenvalue weighted by atomic mass is 16.2. The smallest absolute Gasteiger partial charge is 0.246 e. The quantitative estimate of drug-likeness (QED) is 0.762. The molecule has 5 nitrogen and oxygen atoms in total. The second-order valence-corrected chi connectivity index (χ2v) is 6.48. The predicted octanol–water partition coefficient (Wildman–Crippen LogP) is 2.66. The number of nitrogens with two attached hydrogens (primary N) is 1. The number of fused-ring (bicyclic) bond motifs is 1. The van der Waals surface area contributed by atoms with Crippen molar-refractivity contribution < 1.29 is 9.59 Å². The van der Waals surface area contributed by atoms with Gasteiger partial charge in [-0.3, -0.25) is 9.59 Å². The first-order valence-electron chi connectivity index (χ1n) is 8.23. The van der Waals surface area contributed by atoms with Gasteiger partial charge in [0.1, 0.15) is 6.04 Å². The SMILES string of the molecule is CC(C)C[C@H](N)C(=O)N[C@@H](C)C(=O)Nc1cccc2ccccc12. The van der Waals surface area contributed by atoms with Crippen LogP contribution in [0.5, 0.6) is 0 Å². The van der Waals surface area contributed by atoms with Crippen molar-refractivity contribution >= 4 is 28.3 Å². The van der Waals surface area contributed by atoms with E-state index in [2.05, 4.69) is 10.6 Å². The minimum atomic E-state index is -0.658. The van der Waals surface area contributed by atoms with Crippen LogP contribution in [0.2, 0.25) is 0 Å². The van der Waals surface area contributed by atoms with Crippen LogP contribution >= 0.6 is 0 Å². The molecule has 5 heteroatoms. The minimum Gasteiger partial charge on any atom is -0.343 e. The lowest BCUT2D eigenvalue weighted by Gasteiger charge is -2.19. The number of nitrogens with one attached hydrogen (secondary N) is 2. The van der Waals surface area contributed by atoms with Gasteiger partial charge in [-0.25, -0.2) is 0 Å². The van der Waals surface area contributed by atoms with E-state index in [9.17, 15) is 9.59 Å². The Hall–Kier alpha value is -2.40. The number of hydrogen-bond donors (Lipinski definition) is 3. The van der Waals surface area contributed by atoms with Gasteiger partial charge < -0.3 is 16.4 Å². The van der Waals surface area contributed by atoms with Crippen LogP contribution in [0.1, 0.15) is 27.2 Å². The van der Waals surface area contributed by atoms with E-state index in [0.29, 0.717) is 12.3 Å². The number of carbonyl (C=O) groups excluding carboxylic acids is 2. The average molecular weight is 327 g/mol. The van der Waals surface area contributed by atoms with Crippen molar-refractivity contribution in [2.24, 2.45) is 11.7 Å². The van der Waals surface area contributed by atoms with E-state index in [1.807, 2.05) is 56.3 Å². The summed E-state index contributed by atoms with van der Waals surface area (Å²) in [7, 11) is 0. The summed E-state index contributed by atoms with van der Waals surface area (Å²) in [5.41, 5.74) is 6.58. The molecule has 24 heavy (non-hydrogen) atoms. The first kappa shape index (κ1) is 17.9. The number of anilines is 1. The molecule has 0 aliphatic heterocycles. The van der Waals surface area contributed by atoms with Gasteiger partial charge in [0.2, 0.25) is 11.8 Å². The van der Waals surface area contributed by atoms with Gasteiger partial charge >= 0.3 is 0 Å². The molecule has 0 bridgehead atoms. The zero-order chi connectivity index (χ0) is 17.7. The van der Waals surface area contributed by atoms with Crippen LogP contribution in [0.25, 0.3) is 10.8 Å². The number of amides is 2. The van der Waals surface area contributed by atoms with Gasteiger partial charge in [0.25, 0.3) is 0 Å². The standard InChI is InChI=1S/C19H25N3O2/c1-12(2)11-16(20)19(24)21-13(3)18(23)22-17-10-6-8-14-7-4-5-9-15(14)17/h4-10,12-13,16H,11,20H2,1-3H3,(H,21,24)(H,22,23)/t13-,16-/m0/s1. The van der Waals surface area contributed by atoms with Gasteiger partial charge in [-0.2, -0.15) is 0 Å². The summed E-state index contributed by atoms with van der Waals surface area (Å²) < 4.78 is 0. The zero-order valence-electron chi connectivity index (χ0n) is 14.4. The van der Waals surface area contributed by atoms with E-state index in [0.717, 1.165) is 16.5 Å². The van der Waals surface area contributed by atoms with Crippen LogP contribution in [0.3, 0.4) is 0 Å². The van der Waals surface area contributed by atoms with E-state index in [1.165, 1.54) is 0 Å². The van der Waals surface area contributed by atoms with Crippen LogP contribution in [0, 0.1) is 5.92 Å². The second-order valence-electron chi connectivity index (χ2n) is 6.48. The van der Waals surface area contributed by atoms with Gasteiger partial charge in [-0.15, -0.1) is 0 Å². The summed E-state index contributed by atoms with van der Waals surface area (Å²) >= 11 is 0. The van der Waals surface area contributed by atoms with E-state index in [4.69, 9.17) is 5.73 Å². The third kappa shape index (κ3) is 4.55. The monoisotopic (exact) mass is 327 g/mol. The maximum atomic E-state index is 12.4. The Bertz CT molecular complexity index is 722. The van der Waals surface area contributed by atoms with E-state index < -0.39 is 12.1 Å². The van der Waals surface area contributed by atoms with Gasteiger partial charge in [0, 0.05) is 11.1 Å². The lowest BCUT2D eigenvalue weighted by atomic mass is 10.0. The molecule has 2 amide bonds. The second kappa shape index (κ2) is 7.93. The first-order chi connectivity index (χ1) is 11.4. The molecule has 0 aliphatic rings. The van der Waals surface area contributed by atoms with Crippen molar-refractivity contribution in [1.29, 1.82) is 0 Å². The number of carbonyl (C=O) groups is 2. The van der Waals surface area contributed by atoms with Crippen LogP contribution < -0.4 is 16.4 Å². The molecule has 2 atom stereocenters. The maximum Gasteiger partial charge on any atom is 0.246 e. The lowest BCUT2D eigenvalue weighted by molar-refractivity contribution is -0.127. The highest BCUT2D eigenvalue weighted by molar-refractivity contribution is 6.04. The summed E-state index contributed by atoms with van der Waals surface area (Å²) in [5, 5.41) is 7.56. The summed E-state index contributed by atoms with van der Waals surface area (Å²) in [4.78, 5) is 24.4. The van der Waals surface area contributed by atoms with Crippen molar-refractivity contribution in [1.82, 2.24) is 5.32 Å². The number of benzene rings is 2. The first-order valence-corrected chi connectivity index (χ1v) is 8.23. The molecule has 4 N–H and O–H groups in total. The molecule has 0 radical (unpaired) electrons. The Labute approximate surface area is 142 Å². The Morgan fingerprint density at radius 1 is 1.00 bits per heavy atom. The van der Waals surface area contributed by atoms with Crippen LogP contribution in [-0.4, -0.2) is 23.9 Å². The van der Waals surface area contributed by atoms with Gasteiger partial charge in [-0.05, 0) is 30.7 Å². The Kier molecular flexibility index (Phi) is 5.93. The molecule has 0 saturated heterocycles. The normalized spacial score (nSPS) is 13.5. The molecule has 0 aromatic heterocycles. The molecule has 0 aliphatic carbocycles. The summed E-state index contributed by atoms with van der Waals surface area (Å²) in [6.07, 6.45) is 0.587. The fourth-order valence-corrected chi connectivity index (χ4v) is 2.58. The van der Waals surface area contributed by atoms with Gasteiger partial charge in [0.15, 0.2) is 0 Å². The van der Waals surface area contributed by atoms with E-state index in [1.54, 1.807) is 6.92 Å². The number of rotatable bonds is 6.